The first-order valence-corrected chi connectivity index (χ1v) is 7.37. The molecule has 0 saturated heterocycles. The molecule has 18 heavy (non-hydrogen) atoms. The standard InChI is InChI=1S/C12H16N2O3S/c1-2-7-13-8-9-17-12-10-5-3-4-6-11(10)18(15,16)14-12/h3-6,13H,2,7-9H2,1H3. The fourth-order valence-electron chi connectivity index (χ4n) is 1.70. The summed E-state index contributed by atoms with van der Waals surface area (Å²) >= 11 is 0. The lowest BCUT2D eigenvalue weighted by atomic mass is 10.2. The zero-order valence-corrected chi connectivity index (χ0v) is 11.0. The molecule has 0 amide bonds. The molecule has 0 fully saturated rings. The molecule has 0 atom stereocenters. The maximum Gasteiger partial charge on any atom is 0.286 e. The summed E-state index contributed by atoms with van der Waals surface area (Å²) in [5, 5.41) is 3.17. The Morgan fingerprint density at radius 3 is 2.83 bits per heavy atom. The molecule has 1 aliphatic rings. The summed E-state index contributed by atoms with van der Waals surface area (Å²) in [6, 6.07) is 6.70. The van der Waals surface area contributed by atoms with Crippen LogP contribution in [-0.2, 0) is 14.8 Å². The lowest BCUT2D eigenvalue weighted by molar-refractivity contribution is 0.304. The normalized spacial score (nSPS) is 16.2. The molecule has 1 aromatic carbocycles. The first kappa shape index (κ1) is 13.0. The molecule has 0 radical (unpaired) electrons. The van der Waals surface area contributed by atoms with Gasteiger partial charge >= 0.3 is 0 Å². The number of fused-ring (bicyclic) bond motifs is 1. The Morgan fingerprint density at radius 1 is 1.28 bits per heavy atom. The van der Waals surface area contributed by atoms with Crippen molar-refractivity contribution in [2.24, 2.45) is 4.40 Å². The van der Waals surface area contributed by atoms with E-state index < -0.39 is 10.0 Å². The van der Waals surface area contributed by atoms with Crippen LogP contribution in [0.5, 0.6) is 0 Å². The minimum absolute atomic E-state index is 0.198. The van der Waals surface area contributed by atoms with Crippen LogP contribution >= 0.6 is 0 Å². The molecular formula is C12H16N2O3S. The van der Waals surface area contributed by atoms with Crippen LogP contribution in [-0.4, -0.2) is 34.0 Å². The van der Waals surface area contributed by atoms with E-state index in [2.05, 4.69) is 16.6 Å². The van der Waals surface area contributed by atoms with Gasteiger partial charge in [0.1, 0.15) is 11.5 Å². The average molecular weight is 268 g/mol. The SMILES string of the molecule is CCCNCCOC1=NS(=O)(=O)c2ccccc21. The van der Waals surface area contributed by atoms with Crippen LogP contribution in [0.15, 0.2) is 33.6 Å². The van der Waals surface area contributed by atoms with Crippen LogP contribution in [0.1, 0.15) is 18.9 Å². The average Bonchev–Trinajstić information content (AvgIpc) is 2.62. The second-order valence-electron chi connectivity index (χ2n) is 3.97. The number of nitrogens with zero attached hydrogens (tertiary/aromatic N) is 1. The third-order valence-corrected chi connectivity index (χ3v) is 3.86. The van der Waals surface area contributed by atoms with Gasteiger partial charge in [-0.05, 0) is 25.1 Å². The molecular weight excluding hydrogens is 252 g/mol. The smallest absolute Gasteiger partial charge is 0.286 e. The highest BCUT2D eigenvalue weighted by atomic mass is 32.2. The summed E-state index contributed by atoms with van der Waals surface area (Å²) in [7, 11) is -3.56. The van der Waals surface area contributed by atoms with Gasteiger partial charge in [0.05, 0.1) is 5.56 Å². The molecule has 0 aromatic heterocycles. The Kier molecular flexibility index (Phi) is 3.98. The number of ether oxygens (including phenoxy) is 1. The molecule has 0 spiro atoms. The topological polar surface area (TPSA) is 67.8 Å². The van der Waals surface area contributed by atoms with Gasteiger partial charge in [-0.15, -0.1) is 4.40 Å². The van der Waals surface area contributed by atoms with Crippen LogP contribution in [0.25, 0.3) is 0 Å². The molecule has 1 aliphatic heterocycles. The summed E-state index contributed by atoms with van der Waals surface area (Å²) in [4.78, 5) is 0.224. The van der Waals surface area contributed by atoms with Gasteiger partial charge in [-0.25, -0.2) is 0 Å². The third-order valence-electron chi connectivity index (χ3n) is 2.54. The third kappa shape index (κ3) is 2.70. The van der Waals surface area contributed by atoms with Crippen molar-refractivity contribution in [1.29, 1.82) is 0 Å². The number of rotatable bonds is 5. The van der Waals surface area contributed by atoms with E-state index in [1.165, 1.54) is 0 Å². The minimum Gasteiger partial charge on any atom is -0.475 e. The predicted octanol–water partition coefficient (Wildman–Crippen LogP) is 1.15. The van der Waals surface area contributed by atoms with E-state index in [9.17, 15) is 8.42 Å². The van der Waals surface area contributed by atoms with Crippen molar-refractivity contribution in [3.63, 3.8) is 0 Å². The molecule has 0 bridgehead atoms. The van der Waals surface area contributed by atoms with Crippen molar-refractivity contribution in [1.82, 2.24) is 5.32 Å². The summed E-state index contributed by atoms with van der Waals surface area (Å²) < 4.78 is 32.5. The molecule has 1 aromatic rings. The van der Waals surface area contributed by atoms with Crippen LogP contribution < -0.4 is 5.32 Å². The van der Waals surface area contributed by atoms with E-state index in [-0.39, 0.29) is 10.8 Å². The molecule has 1 N–H and O–H groups in total. The lowest BCUT2D eigenvalue weighted by Gasteiger charge is -2.06. The quantitative estimate of drug-likeness (QED) is 0.813. The van der Waals surface area contributed by atoms with Crippen LogP contribution in [0, 0.1) is 0 Å². The lowest BCUT2D eigenvalue weighted by Crippen LogP contribution is -2.21. The Morgan fingerprint density at radius 2 is 2.06 bits per heavy atom. The first-order chi connectivity index (χ1) is 8.65. The van der Waals surface area contributed by atoms with Gasteiger partial charge in [0.2, 0.25) is 5.90 Å². The molecule has 1 heterocycles. The molecule has 2 rings (SSSR count). The molecule has 6 heteroatoms. The Balaban J connectivity index is 2.03. The molecule has 98 valence electrons. The van der Waals surface area contributed by atoms with Gasteiger partial charge < -0.3 is 10.1 Å². The van der Waals surface area contributed by atoms with Crippen molar-refractivity contribution in [2.75, 3.05) is 19.7 Å². The fraction of sp³-hybridized carbons (Fsp3) is 0.417. The van der Waals surface area contributed by atoms with Gasteiger partial charge in [0.15, 0.2) is 0 Å². The number of nitrogens with one attached hydrogen (secondary N) is 1. The summed E-state index contributed by atoms with van der Waals surface area (Å²) in [6.07, 6.45) is 1.05. The van der Waals surface area contributed by atoms with Gasteiger partial charge in [-0.2, -0.15) is 8.42 Å². The van der Waals surface area contributed by atoms with Crippen molar-refractivity contribution in [3.8, 4) is 0 Å². The zero-order chi connectivity index (χ0) is 13.0. The van der Waals surface area contributed by atoms with Crippen molar-refractivity contribution in [2.45, 2.75) is 18.2 Å². The molecule has 0 aliphatic carbocycles. The Labute approximate surface area is 107 Å². The first-order valence-electron chi connectivity index (χ1n) is 5.93. The number of sulfonamides is 1. The fourth-order valence-corrected chi connectivity index (χ4v) is 2.85. The molecule has 0 saturated carbocycles. The highest BCUT2D eigenvalue weighted by Gasteiger charge is 2.29. The van der Waals surface area contributed by atoms with Gasteiger partial charge in [-0.1, -0.05) is 19.1 Å². The highest BCUT2D eigenvalue weighted by molar-refractivity contribution is 7.90. The van der Waals surface area contributed by atoms with E-state index in [0.29, 0.717) is 18.7 Å². The second-order valence-corrected chi connectivity index (χ2v) is 5.54. The predicted molar refractivity (Wildman–Crippen MR) is 69.3 cm³/mol. The Bertz CT molecular complexity index is 552. The molecule has 5 nitrogen and oxygen atoms in total. The van der Waals surface area contributed by atoms with E-state index in [1.807, 2.05) is 0 Å². The van der Waals surface area contributed by atoms with E-state index in [4.69, 9.17) is 4.74 Å². The van der Waals surface area contributed by atoms with Gasteiger partial charge in [-0.3, -0.25) is 0 Å². The van der Waals surface area contributed by atoms with Crippen molar-refractivity contribution < 1.29 is 13.2 Å². The monoisotopic (exact) mass is 268 g/mol. The van der Waals surface area contributed by atoms with Crippen molar-refractivity contribution >= 4 is 15.9 Å². The molecule has 0 unspecified atom stereocenters. The van der Waals surface area contributed by atoms with Gasteiger partial charge in [0.25, 0.3) is 10.0 Å². The van der Waals surface area contributed by atoms with Crippen LogP contribution in [0.3, 0.4) is 0 Å². The van der Waals surface area contributed by atoms with E-state index in [1.54, 1.807) is 24.3 Å². The summed E-state index contributed by atoms with van der Waals surface area (Å²) in [6.45, 7) is 4.08. The van der Waals surface area contributed by atoms with E-state index >= 15 is 0 Å². The minimum atomic E-state index is -3.56. The maximum absolute atomic E-state index is 11.7. The zero-order valence-electron chi connectivity index (χ0n) is 10.2. The number of hydrogen-bond donors (Lipinski definition) is 1. The number of benzene rings is 1. The van der Waals surface area contributed by atoms with E-state index in [0.717, 1.165) is 13.0 Å². The largest absolute Gasteiger partial charge is 0.475 e. The second kappa shape index (κ2) is 5.49. The highest BCUT2D eigenvalue weighted by Crippen LogP contribution is 2.25. The summed E-state index contributed by atoms with van der Waals surface area (Å²) in [5.41, 5.74) is 0.549. The van der Waals surface area contributed by atoms with Crippen LogP contribution in [0.4, 0.5) is 0 Å². The maximum atomic E-state index is 11.7. The van der Waals surface area contributed by atoms with Crippen molar-refractivity contribution in [3.05, 3.63) is 29.8 Å². The summed E-state index contributed by atoms with van der Waals surface area (Å²) in [5.74, 6) is 0.198. The Hall–Kier alpha value is -1.40. The number of hydrogen-bond acceptors (Lipinski definition) is 4. The van der Waals surface area contributed by atoms with Gasteiger partial charge in [0, 0.05) is 6.54 Å². The van der Waals surface area contributed by atoms with Crippen LogP contribution in [0.2, 0.25) is 0 Å².